The van der Waals surface area contributed by atoms with Gasteiger partial charge in [-0.2, -0.15) is 0 Å². The number of rotatable bonds is 1. The van der Waals surface area contributed by atoms with Crippen molar-refractivity contribution in [3.63, 3.8) is 0 Å². The Hall–Kier alpha value is -0.840. The number of hydroxylamine groups is 1. The summed E-state index contributed by atoms with van der Waals surface area (Å²) in [4.78, 5) is 0. The Labute approximate surface area is 139 Å². The second-order valence-corrected chi connectivity index (χ2v) is 8.91. The van der Waals surface area contributed by atoms with Gasteiger partial charge >= 0.3 is 0 Å². The van der Waals surface area contributed by atoms with Gasteiger partial charge in [-0.15, -0.1) is 0 Å². The van der Waals surface area contributed by atoms with Gasteiger partial charge in [0.25, 0.3) is 0 Å². The predicted molar refractivity (Wildman–Crippen MR) is 92.5 cm³/mol. The first-order valence-corrected chi connectivity index (χ1v) is 9.24. The van der Waals surface area contributed by atoms with Gasteiger partial charge in [-0.25, -0.2) is 0 Å². The zero-order chi connectivity index (χ0) is 16.4. The number of hydrogen-bond acceptors (Lipinski definition) is 4. The molecule has 6 unspecified atom stereocenters. The maximum atomic E-state index is 11.9. The van der Waals surface area contributed by atoms with Crippen molar-refractivity contribution in [3.05, 3.63) is 28.6 Å². The molecular weight excluding hydrogens is 286 g/mol. The van der Waals surface area contributed by atoms with Crippen LogP contribution in [0, 0.1) is 33.8 Å². The van der Waals surface area contributed by atoms with E-state index in [-0.39, 0.29) is 16.9 Å². The number of allylic oxidation sites excluding steroid dienone is 4. The molecule has 4 rings (SSSR count). The molecule has 2 saturated carbocycles. The van der Waals surface area contributed by atoms with Gasteiger partial charge in [0, 0.05) is 11.7 Å². The number of hydrazine groups is 1. The van der Waals surface area contributed by atoms with Crippen LogP contribution in [0.25, 0.3) is 0 Å². The molecule has 2 fully saturated rings. The van der Waals surface area contributed by atoms with Crippen LogP contribution in [0.15, 0.2) is 23.4 Å². The first-order valence-electron chi connectivity index (χ1n) is 9.24. The summed E-state index contributed by atoms with van der Waals surface area (Å²) in [5, 5.41) is 12.6. The Bertz CT molecular complexity index is 569. The molecule has 0 heterocycles. The van der Waals surface area contributed by atoms with Crippen LogP contribution in [-0.4, -0.2) is 11.2 Å². The lowest BCUT2D eigenvalue weighted by atomic mass is 9.48. The number of fused-ring (bicyclic) bond motifs is 5. The number of nitrogens with zero attached hydrogens (tertiary/aromatic N) is 1. The summed E-state index contributed by atoms with van der Waals surface area (Å²) in [6.45, 7) is 4.78. The summed E-state index contributed by atoms with van der Waals surface area (Å²) in [6.07, 6.45) is 12.5. The van der Waals surface area contributed by atoms with Crippen molar-refractivity contribution < 1.29 is 0 Å². The Morgan fingerprint density at radius 1 is 1.17 bits per heavy atom. The van der Waals surface area contributed by atoms with Crippen molar-refractivity contribution in [2.24, 2.45) is 40.2 Å². The van der Waals surface area contributed by atoms with Gasteiger partial charge in [0.05, 0.1) is 0 Å². The minimum Gasteiger partial charge on any atom is -0.772 e. The van der Waals surface area contributed by atoms with Crippen molar-refractivity contribution in [2.45, 2.75) is 64.8 Å². The van der Waals surface area contributed by atoms with Crippen LogP contribution in [0.3, 0.4) is 0 Å². The topological polar surface area (TPSA) is 78.3 Å². The van der Waals surface area contributed by atoms with E-state index in [1.165, 1.54) is 18.4 Å². The molecule has 0 spiro atoms. The third kappa shape index (κ3) is 2.08. The van der Waals surface area contributed by atoms with Crippen molar-refractivity contribution >= 4 is 0 Å². The van der Waals surface area contributed by atoms with Gasteiger partial charge < -0.3 is 16.1 Å². The molecule has 4 N–H and O–H groups in total. The maximum absolute atomic E-state index is 11.9. The van der Waals surface area contributed by atoms with E-state index in [4.69, 9.17) is 11.6 Å². The average Bonchev–Trinajstić information content (AvgIpc) is 2.85. The van der Waals surface area contributed by atoms with E-state index in [0.29, 0.717) is 11.8 Å². The third-order valence-electron chi connectivity index (χ3n) is 8.06. The highest BCUT2D eigenvalue weighted by Crippen LogP contribution is 2.64. The molecule has 0 aromatic carbocycles. The Kier molecular flexibility index (Phi) is 3.46. The third-order valence-corrected chi connectivity index (χ3v) is 8.06. The highest BCUT2D eigenvalue weighted by molar-refractivity contribution is 5.36. The summed E-state index contributed by atoms with van der Waals surface area (Å²) in [6, 6.07) is 0.00790. The van der Waals surface area contributed by atoms with Gasteiger partial charge in [-0.3, -0.25) is 5.84 Å². The molecule has 4 nitrogen and oxygen atoms in total. The fourth-order valence-corrected chi connectivity index (χ4v) is 6.74. The Morgan fingerprint density at radius 2 is 1.96 bits per heavy atom. The first kappa shape index (κ1) is 15.7. The standard InChI is InChI=1S/C19H30N3O/c1-18-9-7-13(20)11-12(18)3-4-14-15-5-6-17(22(21)23)19(15,2)10-8-16(14)18/h3,11,14-17H,4-10,20-21H2,1-2H3/q-1. The smallest absolute Gasteiger partial charge is 0.0162 e. The molecule has 0 aromatic heterocycles. The molecule has 0 radical (unpaired) electrons. The SMILES string of the molecule is CC12CCC(N)=CC1=CCC1C2CCC2(C)C1CCC2N(N)[O-]. The highest BCUT2D eigenvalue weighted by Gasteiger charge is 2.58. The summed E-state index contributed by atoms with van der Waals surface area (Å²) in [7, 11) is 0. The summed E-state index contributed by atoms with van der Waals surface area (Å²) in [5.74, 6) is 7.74. The molecule has 0 amide bonds. The molecule has 0 aromatic rings. The van der Waals surface area contributed by atoms with E-state index in [9.17, 15) is 5.21 Å². The second kappa shape index (κ2) is 5.08. The van der Waals surface area contributed by atoms with Gasteiger partial charge in [-0.05, 0) is 85.2 Å². The maximum Gasteiger partial charge on any atom is 0.0162 e. The van der Waals surface area contributed by atoms with Crippen LogP contribution in [0.4, 0.5) is 0 Å². The molecule has 0 saturated heterocycles. The number of nitrogens with two attached hydrogens (primary N) is 2. The van der Waals surface area contributed by atoms with Gasteiger partial charge in [0.2, 0.25) is 0 Å². The summed E-state index contributed by atoms with van der Waals surface area (Å²) in [5.41, 5.74) is 8.99. The lowest BCUT2D eigenvalue weighted by Gasteiger charge is -2.58. The minimum absolute atomic E-state index is 0.00790. The molecule has 23 heavy (non-hydrogen) atoms. The zero-order valence-corrected chi connectivity index (χ0v) is 14.4. The van der Waals surface area contributed by atoms with Crippen molar-refractivity contribution in [1.82, 2.24) is 5.17 Å². The van der Waals surface area contributed by atoms with Gasteiger partial charge in [-0.1, -0.05) is 19.9 Å². The minimum atomic E-state index is 0.00790. The molecule has 128 valence electrons. The van der Waals surface area contributed by atoms with Gasteiger partial charge in [0.15, 0.2) is 0 Å². The zero-order valence-electron chi connectivity index (χ0n) is 14.4. The summed E-state index contributed by atoms with van der Waals surface area (Å²) >= 11 is 0. The van der Waals surface area contributed by atoms with Crippen LogP contribution in [-0.2, 0) is 0 Å². The second-order valence-electron chi connectivity index (χ2n) is 8.91. The number of hydrogen-bond donors (Lipinski definition) is 2. The molecular formula is C19H30N3O-. The van der Waals surface area contributed by atoms with Crippen molar-refractivity contribution in [2.75, 3.05) is 0 Å². The highest BCUT2D eigenvalue weighted by atomic mass is 16.5. The van der Waals surface area contributed by atoms with E-state index in [1.807, 2.05) is 0 Å². The van der Waals surface area contributed by atoms with E-state index in [1.54, 1.807) is 0 Å². The summed E-state index contributed by atoms with van der Waals surface area (Å²) < 4.78 is 0. The van der Waals surface area contributed by atoms with E-state index < -0.39 is 0 Å². The van der Waals surface area contributed by atoms with Crippen LogP contribution < -0.4 is 11.6 Å². The van der Waals surface area contributed by atoms with E-state index in [2.05, 4.69) is 26.0 Å². The largest absolute Gasteiger partial charge is 0.772 e. The van der Waals surface area contributed by atoms with Gasteiger partial charge in [0.1, 0.15) is 0 Å². The normalized spacial score (nSPS) is 49.1. The average molecular weight is 316 g/mol. The molecule has 0 bridgehead atoms. The van der Waals surface area contributed by atoms with E-state index >= 15 is 0 Å². The van der Waals surface area contributed by atoms with Crippen LogP contribution in [0.5, 0.6) is 0 Å². The molecule has 4 aliphatic carbocycles. The van der Waals surface area contributed by atoms with Crippen molar-refractivity contribution in [3.8, 4) is 0 Å². The van der Waals surface area contributed by atoms with Crippen LogP contribution in [0.1, 0.15) is 58.8 Å². The van der Waals surface area contributed by atoms with Crippen molar-refractivity contribution in [1.29, 1.82) is 0 Å². The van der Waals surface area contributed by atoms with E-state index in [0.717, 1.165) is 48.9 Å². The Morgan fingerprint density at radius 3 is 2.70 bits per heavy atom. The fourth-order valence-electron chi connectivity index (χ4n) is 6.74. The Balaban J connectivity index is 1.68. The quantitative estimate of drug-likeness (QED) is 0.574. The fraction of sp³-hybridized carbons (Fsp3) is 0.789. The van der Waals surface area contributed by atoms with Crippen LogP contribution >= 0.6 is 0 Å². The predicted octanol–water partition coefficient (Wildman–Crippen LogP) is 3.44. The monoisotopic (exact) mass is 316 g/mol. The molecule has 6 atom stereocenters. The lowest BCUT2D eigenvalue weighted by molar-refractivity contribution is -0.0418. The lowest BCUT2D eigenvalue weighted by Crippen LogP contribution is -2.53. The molecule has 4 aliphatic rings. The van der Waals surface area contributed by atoms with Crippen LogP contribution in [0.2, 0.25) is 0 Å². The molecule has 4 heteroatoms. The molecule has 0 aliphatic heterocycles. The first-order chi connectivity index (χ1) is 10.9.